The van der Waals surface area contributed by atoms with Gasteiger partial charge in [-0.05, 0) is 30.2 Å². The number of aromatic hydroxyl groups is 1. The van der Waals surface area contributed by atoms with Gasteiger partial charge in [0.2, 0.25) is 0 Å². The van der Waals surface area contributed by atoms with Gasteiger partial charge in [0.25, 0.3) is 0 Å². The number of methoxy groups -OCH3 is 1. The molecule has 0 spiro atoms. The van der Waals surface area contributed by atoms with E-state index in [4.69, 9.17) is 4.74 Å². The van der Waals surface area contributed by atoms with Crippen LogP contribution in [0.4, 0.5) is 0 Å². The van der Waals surface area contributed by atoms with E-state index >= 15 is 0 Å². The predicted molar refractivity (Wildman–Crippen MR) is 76.4 cm³/mol. The second-order valence-corrected chi connectivity index (χ2v) is 4.54. The van der Waals surface area contributed by atoms with Crippen molar-refractivity contribution < 1.29 is 9.84 Å². The Labute approximate surface area is 113 Å². The minimum absolute atomic E-state index is 0.334. The molecule has 0 saturated heterocycles. The summed E-state index contributed by atoms with van der Waals surface area (Å²) in [6.07, 6.45) is 0. The van der Waals surface area contributed by atoms with E-state index in [1.54, 1.807) is 13.2 Å². The molecule has 0 amide bonds. The van der Waals surface area contributed by atoms with Crippen molar-refractivity contribution in [1.29, 1.82) is 0 Å². The number of aryl methyl sites for hydroxylation is 1. The van der Waals surface area contributed by atoms with E-state index in [-0.39, 0.29) is 0 Å². The first-order chi connectivity index (χ1) is 9.20. The number of rotatable bonds is 5. The number of phenolic OH excluding ortho intramolecular Hbond substituents is 1. The molecule has 2 aromatic carbocycles. The molecule has 3 nitrogen and oxygen atoms in total. The summed E-state index contributed by atoms with van der Waals surface area (Å²) in [5.41, 5.74) is 3.24. The average molecular weight is 257 g/mol. The van der Waals surface area contributed by atoms with Crippen LogP contribution in [0.15, 0.2) is 42.5 Å². The summed E-state index contributed by atoms with van der Waals surface area (Å²) < 4.78 is 5.24. The van der Waals surface area contributed by atoms with Gasteiger partial charge in [0, 0.05) is 18.7 Å². The predicted octanol–water partition coefficient (Wildman–Crippen LogP) is 3.00. The number of hydrogen-bond acceptors (Lipinski definition) is 3. The van der Waals surface area contributed by atoms with E-state index in [2.05, 4.69) is 11.4 Å². The van der Waals surface area contributed by atoms with Gasteiger partial charge in [0.15, 0.2) is 0 Å². The minimum Gasteiger partial charge on any atom is -0.508 e. The monoisotopic (exact) mass is 257 g/mol. The third-order valence-corrected chi connectivity index (χ3v) is 3.10. The fourth-order valence-electron chi connectivity index (χ4n) is 2.05. The maximum atomic E-state index is 9.66. The van der Waals surface area contributed by atoms with Crippen molar-refractivity contribution in [2.45, 2.75) is 20.0 Å². The number of phenols is 1. The van der Waals surface area contributed by atoms with Gasteiger partial charge >= 0.3 is 0 Å². The van der Waals surface area contributed by atoms with Crippen molar-refractivity contribution in [2.75, 3.05) is 7.11 Å². The Morgan fingerprint density at radius 2 is 1.89 bits per heavy atom. The molecular formula is C16H19NO2. The van der Waals surface area contributed by atoms with E-state index in [0.29, 0.717) is 12.3 Å². The summed E-state index contributed by atoms with van der Waals surface area (Å²) >= 11 is 0. The Hall–Kier alpha value is -2.00. The topological polar surface area (TPSA) is 41.5 Å². The molecule has 2 N–H and O–H groups in total. The highest BCUT2D eigenvalue weighted by atomic mass is 16.5. The van der Waals surface area contributed by atoms with Crippen LogP contribution >= 0.6 is 0 Å². The zero-order chi connectivity index (χ0) is 13.7. The Morgan fingerprint density at radius 3 is 2.58 bits per heavy atom. The van der Waals surface area contributed by atoms with E-state index < -0.39 is 0 Å². The van der Waals surface area contributed by atoms with Crippen molar-refractivity contribution in [2.24, 2.45) is 0 Å². The SMILES string of the molecule is COc1ccc(CNCc2ccccc2O)cc1C. The summed E-state index contributed by atoms with van der Waals surface area (Å²) in [5.74, 6) is 1.24. The Kier molecular flexibility index (Phi) is 4.42. The lowest BCUT2D eigenvalue weighted by Crippen LogP contribution is -2.12. The number of para-hydroxylation sites is 1. The molecule has 100 valence electrons. The molecule has 3 heteroatoms. The summed E-state index contributed by atoms with van der Waals surface area (Å²) in [7, 11) is 1.68. The molecular weight excluding hydrogens is 238 g/mol. The lowest BCUT2D eigenvalue weighted by Gasteiger charge is -2.09. The van der Waals surface area contributed by atoms with Crippen LogP contribution in [-0.2, 0) is 13.1 Å². The molecule has 0 fully saturated rings. The molecule has 0 heterocycles. The van der Waals surface area contributed by atoms with Gasteiger partial charge in [0.05, 0.1) is 7.11 Å². The van der Waals surface area contributed by atoms with E-state index in [1.807, 2.05) is 37.3 Å². The number of benzene rings is 2. The molecule has 0 aliphatic heterocycles. The Balaban J connectivity index is 1.93. The molecule has 0 saturated carbocycles. The van der Waals surface area contributed by atoms with Crippen molar-refractivity contribution in [1.82, 2.24) is 5.32 Å². The highest BCUT2D eigenvalue weighted by Crippen LogP contribution is 2.19. The first-order valence-corrected chi connectivity index (χ1v) is 6.32. The van der Waals surface area contributed by atoms with Crippen LogP contribution < -0.4 is 10.1 Å². The zero-order valence-corrected chi connectivity index (χ0v) is 11.3. The molecule has 0 aliphatic carbocycles. The van der Waals surface area contributed by atoms with Crippen LogP contribution in [0.3, 0.4) is 0 Å². The van der Waals surface area contributed by atoms with Crippen LogP contribution in [-0.4, -0.2) is 12.2 Å². The number of hydrogen-bond donors (Lipinski definition) is 2. The lowest BCUT2D eigenvalue weighted by molar-refractivity contribution is 0.411. The summed E-state index contributed by atoms with van der Waals surface area (Å²) in [5, 5.41) is 13.0. The molecule has 2 aromatic rings. The van der Waals surface area contributed by atoms with Gasteiger partial charge in [-0.1, -0.05) is 30.3 Å². The van der Waals surface area contributed by atoms with E-state index in [9.17, 15) is 5.11 Å². The molecule has 2 rings (SSSR count). The fraction of sp³-hybridized carbons (Fsp3) is 0.250. The van der Waals surface area contributed by atoms with Crippen LogP contribution in [0.25, 0.3) is 0 Å². The van der Waals surface area contributed by atoms with Gasteiger partial charge in [-0.3, -0.25) is 0 Å². The molecule has 0 atom stereocenters. The molecule has 0 aromatic heterocycles. The first-order valence-electron chi connectivity index (χ1n) is 6.32. The van der Waals surface area contributed by atoms with Crippen molar-refractivity contribution in [3.63, 3.8) is 0 Å². The van der Waals surface area contributed by atoms with Gasteiger partial charge in [-0.15, -0.1) is 0 Å². The van der Waals surface area contributed by atoms with Crippen LogP contribution in [0, 0.1) is 6.92 Å². The molecule has 0 aliphatic rings. The summed E-state index contributed by atoms with van der Waals surface area (Å²) in [6.45, 7) is 3.45. The van der Waals surface area contributed by atoms with Crippen molar-refractivity contribution in [3.05, 3.63) is 59.2 Å². The van der Waals surface area contributed by atoms with Crippen LogP contribution in [0.2, 0.25) is 0 Å². The Bertz CT molecular complexity index is 552. The third-order valence-electron chi connectivity index (χ3n) is 3.10. The quantitative estimate of drug-likeness (QED) is 0.865. The van der Waals surface area contributed by atoms with E-state index in [0.717, 1.165) is 23.4 Å². The van der Waals surface area contributed by atoms with Gasteiger partial charge < -0.3 is 15.2 Å². The lowest BCUT2D eigenvalue weighted by atomic mass is 10.1. The second-order valence-electron chi connectivity index (χ2n) is 4.54. The van der Waals surface area contributed by atoms with Crippen LogP contribution in [0.5, 0.6) is 11.5 Å². The zero-order valence-electron chi connectivity index (χ0n) is 11.3. The fourth-order valence-corrected chi connectivity index (χ4v) is 2.05. The van der Waals surface area contributed by atoms with Gasteiger partial charge in [-0.2, -0.15) is 0 Å². The Morgan fingerprint density at radius 1 is 1.11 bits per heavy atom. The standard InChI is InChI=1S/C16H19NO2/c1-12-9-13(7-8-16(12)19-2)10-17-11-14-5-3-4-6-15(14)18/h3-9,17-18H,10-11H2,1-2H3. The number of nitrogens with one attached hydrogen (secondary N) is 1. The van der Waals surface area contributed by atoms with Crippen molar-refractivity contribution >= 4 is 0 Å². The molecule has 0 radical (unpaired) electrons. The van der Waals surface area contributed by atoms with Gasteiger partial charge in [0.1, 0.15) is 11.5 Å². The highest BCUT2D eigenvalue weighted by Gasteiger charge is 2.01. The molecule has 0 bridgehead atoms. The highest BCUT2D eigenvalue weighted by molar-refractivity contribution is 5.36. The molecule has 19 heavy (non-hydrogen) atoms. The summed E-state index contributed by atoms with van der Waals surface area (Å²) in [6, 6.07) is 13.5. The maximum Gasteiger partial charge on any atom is 0.121 e. The van der Waals surface area contributed by atoms with Gasteiger partial charge in [-0.25, -0.2) is 0 Å². The third kappa shape index (κ3) is 3.48. The average Bonchev–Trinajstić information content (AvgIpc) is 2.41. The van der Waals surface area contributed by atoms with Crippen LogP contribution in [0.1, 0.15) is 16.7 Å². The maximum absolute atomic E-state index is 9.66. The largest absolute Gasteiger partial charge is 0.508 e. The second kappa shape index (κ2) is 6.25. The van der Waals surface area contributed by atoms with E-state index in [1.165, 1.54) is 5.56 Å². The normalized spacial score (nSPS) is 10.4. The smallest absolute Gasteiger partial charge is 0.121 e. The summed E-state index contributed by atoms with van der Waals surface area (Å²) in [4.78, 5) is 0. The van der Waals surface area contributed by atoms with Crippen molar-refractivity contribution in [3.8, 4) is 11.5 Å². The minimum atomic E-state index is 0.334. The first kappa shape index (κ1) is 13.4. The molecule has 0 unspecified atom stereocenters. The number of ether oxygens (including phenoxy) is 1.